The van der Waals surface area contributed by atoms with Crippen LogP contribution in [0.1, 0.15) is 6.92 Å². The van der Waals surface area contributed by atoms with Crippen molar-refractivity contribution in [2.75, 3.05) is 5.32 Å². The van der Waals surface area contributed by atoms with Crippen molar-refractivity contribution in [3.8, 4) is 0 Å². The first-order chi connectivity index (χ1) is 5.59. The van der Waals surface area contributed by atoms with Crippen LogP contribution in [0.2, 0.25) is 5.15 Å². The number of carbonyl (C=O) groups excluding carboxylic acids is 1. The van der Waals surface area contributed by atoms with Gasteiger partial charge in [-0.3, -0.25) is 9.89 Å². The molecule has 7 heteroatoms. The van der Waals surface area contributed by atoms with E-state index in [9.17, 15) is 4.79 Å². The Morgan fingerprint density at radius 2 is 2.46 bits per heavy atom. The van der Waals surface area contributed by atoms with Crippen LogP contribution < -0.4 is 11.1 Å². The van der Waals surface area contributed by atoms with Gasteiger partial charge < -0.3 is 11.1 Å². The van der Waals surface area contributed by atoms with Crippen molar-refractivity contribution < 1.29 is 4.79 Å². The zero-order valence-electron chi connectivity index (χ0n) is 6.87. The second-order valence-electron chi connectivity index (χ2n) is 2.38. The molecule has 13 heavy (non-hydrogen) atoms. The number of aromatic nitrogens is 2. The van der Waals surface area contributed by atoms with E-state index in [4.69, 9.17) is 17.3 Å². The monoisotopic (exact) mass is 224 g/mol. The highest BCUT2D eigenvalue weighted by atomic mass is 35.5. The molecule has 0 radical (unpaired) electrons. The van der Waals surface area contributed by atoms with Crippen LogP contribution in [0, 0.1) is 0 Å². The molecule has 1 aromatic heterocycles. The van der Waals surface area contributed by atoms with Crippen molar-refractivity contribution in [2.24, 2.45) is 5.73 Å². The third-order valence-electron chi connectivity index (χ3n) is 1.21. The molecule has 1 heterocycles. The Morgan fingerprint density at radius 3 is 2.85 bits per heavy atom. The SMILES string of the molecule is C[C@@H](N)C(=O)Nc1cc(Cl)[nH]n1.Cl. The lowest BCUT2D eigenvalue weighted by atomic mass is 10.3. The summed E-state index contributed by atoms with van der Waals surface area (Å²) in [5.74, 6) is 0.0838. The number of rotatable bonds is 2. The average Bonchev–Trinajstić information content (AvgIpc) is 2.35. The zero-order valence-corrected chi connectivity index (χ0v) is 8.45. The van der Waals surface area contributed by atoms with Crippen molar-refractivity contribution in [2.45, 2.75) is 13.0 Å². The topological polar surface area (TPSA) is 83.8 Å². The summed E-state index contributed by atoms with van der Waals surface area (Å²) in [5, 5.41) is 9.01. The Bertz CT molecular complexity index is 286. The van der Waals surface area contributed by atoms with Gasteiger partial charge in [0.25, 0.3) is 0 Å². The number of nitrogens with zero attached hydrogens (tertiary/aromatic N) is 1. The lowest BCUT2D eigenvalue weighted by molar-refractivity contribution is -0.117. The summed E-state index contributed by atoms with van der Waals surface area (Å²) in [6, 6.07) is 0.947. The minimum absolute atomic E-state index is 0. The number of nitrogens with one attached hydrogen (secondary N) is 2. The summed E-state index contributed by atoms with van der Waals surface area (Å²) >= 11 is 5.52. The van der Waals surface area contributed by atoms with Crippen molar-refractivity contribution >= 4 is 35.7 Å². The van der Waals surface area contributed by atoms with Crippen LogP contribution >= 0.6 is 24.0 Å². The number of H-pyrrole nitrogens is 1. The third-order valence-corrected chi connectivity index (χ3v) is 1.41. The fourth-order valence-electron chi connectivity index (χ4n) is 0.602. The fraction of sp³-hybridized carbons (Fsp3) is 0.333. The standard InChI is InChI=1S/C6H9ClN4O.ClH/c1-3(8)6(12)9-5-2-4(7)10-11-5;/h2-3H,8H2,1H3,(H2,9,10,11,12);1H/t3-;/m1./s1. The summed E-state index contributed by atoms with van der Waals surface area (Å²) in [5.41, 5.74) is 5.31. The Labute approximate surface area is 86.4 Å². The Morgan fingerprint density at radius 1 is 1.85 bits per heavy atom. The van der Waals surface area contributed by atoms with Gasteiger partial charge in [-0.1, -0.05) is 11.6 Å². The number of carbonyl (C=O) groups is 1. The summed E-state index contributed by atoms with van der Waals surface area (Å²) in [6.45, 7) is 1.59. The van der Waals surface area contributed by atoms with Crippen LogP contribution in [0.15, 0.2) is 6.07 Å². The van der Waals surface area contributed by atoms with Gasteiger partial charge in [0.15, 0.2) is 5.82 Å². The number of aromatic amines is 1. The smallest absolute Gasteiger partial charge is 0.242 e. The van der Waals surface area contributed by atoms with Crippen molar-refractivity contribution in [1.82, 2.24) is 10.2 Å². The molecule has 1 aromatic rings. The first kappa shape index (κ1) is 12.2. The highest BCUT2D eigenvalue weighted by Crippen LogP contribution is 2.09. The molecule has 0 aliphatic heterocycles. The predicted molar refractivity (Wildman–Crippen MR) is 53.1 cm³/mol. The molecule has 0 spiro atoms. The Balaban J connectivity index is 0.00000144. The quantitative estimate of drug-likeness (QED) is 0.695. The van der Waals surface area contributed by atoms with Crippen molar-refractivity contribution in [3.63, 3.8) is 0 Å². The first-order valence-electron chi connectivity index (χ1n) is 3.37. The van der Waals surface area contributed by atoms with Crippen LogP contribution in [-0.4, -0.2) is 22.1 Å². The number of amides is 1. The maximum absolute atomic E-state index is 11.0. The van der Waals surface area contributed by atoms with E-state index < -0.39 is 6.04 Å². The summed E-state index contributed by atoms with van der Waals surface area (Å²) in [6.07, 6.45) is 0. The van der Waals surface area contributed by atoms with Crippen LogP contribution in [0.25, 0.3) is 0 Å². The normalized spacial score (nSPS) is 11.6. The van der Waals surface area contributed by atoms with E-state index in [1.807, 2.05) is 0 Å². The van der Waals surface area contributed by atoms with E-state index in [-0.39, 0.29) is 18.3 Å². The zero-order chi connectivity index (χ0) is 9.14. The molecule has 0 aliphatic rings. The minimum Gasteiger partial charge on any atom is -0.320 e. The second-order valence-corrected chi connectivity index (χ2v) is 2.79. The average molecular weight is 225 g/mol. The highest BCUT2D eigenvalue weighted by molar-refractivity contribution is 6.29. The van der Waals surface area contributed by atoms with Crippen LogP contribution in [-0.2, 0) is 4.79 Å². The van der Waals surface area contributed by atoms with Gasteiger partial charge in [-0.25, -0.2) is 0 Å². The molecule has 0 saturated carbocycles. The van der Waals surface area contributed by atoms with E-state index in [1.54, 1.807) is 6.92 Å². The number of hydrogen-bond donors (Lipinski definition) is 3. The van der Waals surface area contributed by atoms with Crippen LogP contribution in [0.4, 0.5) is 5.82 Å². The lowest BCUT2D eigenvalue weighted by Gasteiger charge is -2.02. The molecule has 4 N–H and O–H groups in total. The first-order valence-corrected chi connectivity index (χ1v) is 3.74. The molecule has 1 atom stereocenters. The van der Waals surface area contributed by atoms with Gasteiger partial charge in [-0.2, -0.15) is 5.10 Å². The van der Waals surface area contributed by atoms with Gasteiger partial charge in [-0.05, 0) is 6.92 Å². The van der Waals surface area contributed by atoms with Crippen molar-refractivity contribution in [3.05, 3.63) is 11.2 Å². The molecule has 1 amide bonds. The number of hydrogen-bond acceptors (Lipinski definition) is 3. The van der Waals surface area contributed by atoms with E-state index in [0.29, 0.717) is 11.0 Å². The highest BCUT2D eigenvalue weighted by Gasteiger charge is 2.08. The number of nitrogens with two attached hydrogens (primary N) is 1. The maximum atomic E-state index is 11.0. The summed E-state index contributed by atoms with van der Waals surface area (Å²) in [4.78, 5) is 11.0. The summed E-state index contributed by atoms with van der Waals surface area (Å²) < 4.78 is 0. The van der Waals surface area contributed by atoms with Gasteiger partial charge in [0, 0.05) is 6.07 Å². The third kappa shape index (κ3) is 3.63. The minimum atomic E-state index is -0.555. The fourth-order valence-corrected chi connectivity index (χ4v) is 0.748. The summed E-state index contributed by atoms with van der Waals surface area (Å²) in [7, 11) is 0. The van der Waals surface area contributed by atoms with Crippen molar-refractivity contribution in [1.29, 1.82) is 0 Å². The molecular formula is C6H10Cl2N4O. The molecule has 0 bridgehead atoms. The molecule has 0 saturated heterocycles. The van der Waals surface area contributed by atoms with Gasteiger partial charge in [-0.15, -0.1) is 12.4 Å². The molecule has 5 nitrogen and oxygen atoms in total. The van der Waals surface area contributed by atoms with E-state index in [1.165, 1.54) is 6.07 Å². The molecule has 0 unspecified atom stereocenters. The van der Waals surface area contributed by atoms with E-state index >= 15 is 0 Å². The Kier molecular flexibility index (Phi) is 4.76. The largest absolute Gasteiger partial charge is 0.320 e. The molecule has 0 aromatic carbocycles. The van der Waals surface area contributed by atoms with Gasteiger partial charge in [0.05, 0.1) is 6.04 Å². The van der Waals surface area contributed by atoms with Crippen LogP contribution in [0.5, 0.6) is 0 Å². The Hall–Kier alpha value is -0.780. The maximum Gasteiger partial charge on any atom is 0.242 e. The van der Waals surface area contributed by atoms with E-state index in [2.05, 4.69) is 15.5 Å². The number of halogens is 2. The number of anilines is 1. The molecular weight excluding hydrogens is 215 g/mol. The van der Waals surface area contributed by atoms with Gasteiger partial charge in [0.1, 0.15) is 5.15 Å². The lowest BCUT2D eigenvalue weighted by Crippen LogP contribution is -2.32. The second kappa shape index (κ2) is 5.06. The molecule has 0 aliphatic carbocycles. The molecule has 74 valence electrons. The predicted octanol–water partition coefficient (Wildman–Crippen LogP) is 0.771. The van der Waals surface area contributed by atoms with E-state index in [0.717, 1.165) is 0 Å². The molecule has 0 fully saturated rings. The van der Waals surface area contributed by atoms with Gasteiger partial charge >= 0.3 is 0 Å². The van der Waals surface area contributed by atoms with Gasteiger partial charge in [0.2, 0.25) is 5.91 Å². The van der Waals surface area contributed by atoms with Crippen LogP contribution in [0.3, 0.4) is 0 Å². The molecule has 1 rings (SSSR count).